The number of ether oxygens (including phenoxy) is 1. The maximum Gasteiger partial charge on any atom is 0.337 e. The van der Waals surface area contributed by atoms with E-state index in [9.17, 15) is 19.8 Å². The lowest BCUT2D eigenvalue weighted by molar-refractivity contribution is 0.0697. The minimum Gasteiger partial charge on any atom is -0.508 e. The fourth-order valence-electron chi connectivity index (χ4n) is 2.52. The minimum atomic E-state index is -1.27. The second-order valence-corrected chi connectivity index (χ2v) is 5.80. The third kappa shape index (κ3) is 4.09. The molecule has 0 saturated heterocycles. The van der Waals surface area contributed by atoms with Crippen molar-refractivity contribution in [3.05, 3.63) is 77.2 Å². The van der Waals surface area contributed by atoms with Crippen LogP contribution >= 0.6 is 0 Å². The topological polar surface area (TPSA) is 109 Å². The highest BCUT2D eigenvalue weighted by atomic mass is 16.5. The first-order valence-corrected chi connectivity index (χ1v) is 8.08. The van der Waals surface area contributed by atoms with Gasteiger partial charge >= 0.3 is 5.97 Å². The van der Waals surface area contributed by atoms with Crippen molar-refractivity contribution >= 4 is 17.6 Å². The lowest BCUT2D eigenvalue weighted by Crippen LogP contribution is -2.16. The molecule has 27 heavy (non-hydrogen) atoms. The van der Waals surface area contributed by atoms with Crippen molar-refractivity contribution in [3.8, 4) is 11.5 Å². The molecule has 3 aromatic rings. The van der Waals surface area contributed by atoms with Crippen LogP contribution in [0.3, 0.4) is 0 Å². The summed E-state index contributed by atoms with van der Waals surface area (Å²) >= 11 is 0. The molecule has 3 rings (SSSR count). The van der Waals surface area contributed by atoms with Crippen LogP contribution in [0.2, 0.25) is 0 Å². The van der Waals surface area contributed by atoms with Crippen LogP contribution in [0.5, 0.6) is 11.5 Å². The molecule has 0 bridgehead atoms. The molecule has 138 valence electrons. The number of furan rings is 1. The van der Waals surface area contributed by atoms with Gasteiger partial charge in [-0.05, 0) is 42.8 Å². The zero-order valence-electron chi connectivity index (χ0n) is 14.4. The SMILES string of the molecule is Cc1ccccc1OCc1occc1C(=O)Nc1ccc(O)cc1C(=O)O. The number of carbonyl (C=O) groups is 2. The first kappa shape index (κ1) is 18.1. The smallest absolute Gasteiger partial charge is 0.337 e. The van der Waals surface area contributed by atoms with Gasteiger partial charge in [0.15, 0.2) is 5.76 Å². The second-order valence-electron chi connectivity index (χ2n) is 5.80. The third-order valence-corrected chi connectivity index (χ3v) is 3.92. The third-order valence-electron chi connectivity index (χ3n) is 3.92. The highest BCUT2D eigenvalue weighted by Gasteiger charge is 2.19. The number of hydrogen-bond acceptors (Lipinski definition) is 5. The Kier molecular flexibility index (Phi) is 5.12. The number of para-hydroxylation sites is 1. The number of rotatable bonds is 6. The number of aryl methyl sites for hydroxylation is 1. The van der Waals surface area contributed by atoms with Crippen LogP contribution in [-0.4, -0.2) is 22.1 Å². The summed E-state index contributed by atoms with van der Waals surface area (Å²) < 4.78 is 11.0. The van der Waals surface area contributed by atoms with Crippen LogP contribution < -0.4 is 10.1 Å². The van der Waals surface area contributed by atoms with E-state index in [1.165, 1.54) is 24.5 Å². The summed E-state index contributed by atoms with van der Waals surface area (Å²) in [5.74, 6) is -1.03. The number of phenolic OH excluding ortho intramolecular Hbond substituents is 1. The Morgan fingerprint density at radius 2 is 1.89 bits per heavy atom. The van der Waals surface area contributed by atoms with Gasteiger partial charge in [0.25, 0.3) is 5.91 Å². The van der Waals surface area contributed by atoms with E-state index in [1.54, 1.807) is 0 Å². The predicted octanol–water partition coefficient (Wildman–Crippen LogP) is 3.82. The van der Waals surface area contributed by atoms with Gasteiger partial charge in [-0.3, -0.25) is 4.79 Å². The van der Waals surface area contributed by atoms with Crippen LogP contribution in [0.4, 0.5) is 5.69 Å². The van der Waals surface area contributed by atoms with Crippen molar-refractivity contribution in [2.75, 3.05) is 5.32 Å². The molecule has 0 fully saturated rings. The molecule has 0 unspecified atom stereocenters. The van der Waals surface area contributed by atoms with Crippen LogP contribution in [-0.2, 0) is 6.61 Å². The molecule has 0 radical (unpaired) electrons. The fraction of sp³-hybridized carbons (Fsp3) is 0.100. The molecule has 1 aromatic heterocycles. The average Bonchev–Trinajstić information content (AvgIpc) is 3.11. The van der Waals surface area contributed by atoms with Crippen molar-refractivity contribution in [1.29, 1.82) is 0 Å². The highest BCUT2D eigenvalue weighted by Crippen LogP contribution is 2.24. The maximum atomic E-state index is 12.6. The zero-order valence-corrected chi connectivity index (χ0v) is 14.4. The Morgan fingerprint density at radius 1 is 1.11 bits per heavy atom. The Morgan fingerprint density at radius 3 is 2.63 bits per heavy atom. The molecule has 3 N–H and O–H groups in total. The molecule has 0 saturated carbocycles. The highest BCUT2D eigenvalue weighted by molar-refractivity contribution is 6.08. The number of benzene rings is 2. The number of amides is 1. The number of aromatic hydroxyl groups is 1. The number of phenols is 1. The molecule has 0 aliphatic rings. The van der Waals surface area contributed by atoms with Gasteiger partial charge in [0.1, 0.15) is 18.1 Å². The zero-order chi connectivity index (χ0) is 19.4. The Hall–Kier alpha value is -3.74. The van der Waals surface area contributed by atoms with Crippen LogP contribution in [0.1, 0.15) is 32.0 Å². The summed E-state index contributed by atoms with van der Waals surface area (Å²) in [7, 11) is 0. The molecule has 1 amide bonds. The maximum absolute atomic E-state index is 12.6. The Bertz CT molecular complexity index is 992. The molecule has 2 aromatic carbocycles. The van der Waals surface area contributed by atoms with Gasteiger partial charge in [0, 0.05) is 0 Å². The van der Waals surface area contributed by atoms with Gasteiger partial charge in [-0.25, -0.2) is 4.79 Å². The molecule has 1 heterocycles. The van der Waals surface area contributed by atoms with Crippen LogP contribution in [0, 0.1) is 6.92 Å². The van der Waals surface area contributed by atoms with E-state index in [4.69, 9.17) is 9.15 Å². The van der Waals surface area contributed by atoms with Crippen LogP contribution in [0.15, 0.2) is 59.2 Å². The predicted molar refractivity (Wildman–Crippen MR) is 97.2 cm³/mol. The largest absolute Gasteiger partial charge is 0.508 e. The molecule has 7 nitrogen and oxygen atoms in total. The van der Waals surface area contributed by atoms with Gasteiger partial charge in [-0.2, -0.15) is 0 Å². The molecule has 0 atom stereocenters. The van der Waals surface area contributed by atoms with Gasteiger partial charge in [-0.15, -0.1) is 0 Å². The number of carboxylic acids is 1. The molecule has 0 aliphatic carbocycles. The first-order valence-electron chi connectivity index (χ1n) is 8.08. The number of anilines is 1. The molecule has 0 aliphatic heterocycles. The van der Waals surface area contributed by atoms with Crippen molar-refractivity contribution in [3.63, 3.8) is 0 Å². The fourth-order valence-corrected chi connectivity index (χ4v) is 2.52. The second kappa shape index (κ2) is 7.65. The quantitative estimate of drug-likeness (QED) is 0.572. The molecular formula is C20H17NO6. The molecular weight excluding hydrogens is 350 g/mol. The van der Waals surface area contributed by atoms with E-state index in [1.807, 2.05) is 31.2 Å². The Labute approximate surface area is 154 Å². The van der Waals surface area contributed by atoms with Crippen molar-refractivity contribution in [2.24, 2.45) is 0 Å². The van der Waals surface area contributed by atoms with Crippen molar-refractivity contribution in [2.45, 2.75) is 13.5 Å². The Balaban J connectivity index is 1.77. The van der Waals surface area contributed by atoms with E-state index in [2.05, 4.69) is 5.32 Å². The normalized spacial score (nSPS) is 10.4. The average molecular weight is 367 g/mol. The number of carboxylic acid groups (broad SMARTS) is 1. The number of aromatic carboxylic acids is 1. The van der Waals surface area contributed by atoms with Gasteiger partial charge in [0.2, 0.25) is 0 Å². The summed E-state index contributed by atoms with van der Waals surface area (Å²) in [6.45, 7) is 1.95. The summed E-state index contributed by atoms with van der Waals surface area (Å²) in [6, 6.07) is 12.6. The van der Waals surface area contributed by atoms with E-state index < -0.39 is 11.9 Å². The molecule has 0 spiro atoms. The first-order chi connectivity index (χ1) is 13.0. The van der Waals surface area contributed by atoms with E-state index in [0.717, 1.165) is 11.6 Å². The van der Waals surface area contributed by atoms with E-state index >= 15 is 0 Å². The number of carbonyl (C=O) groups excluding carboxylic acids is 1. The monoisotopic (exact) mass is 367 g/mol. The summed E-state index contributed by atoms with van der Waals surface area (Å²) in [4.78, 5) is 23.9. The lowest BCUT2D eigenvalue weighted by atomic mass is 10.1. The minimum absolute atomic E-state index is 0.0436. The van der Waals surface area contributed by atoms with E-state index in [0.29, 0.717) is 11.5 Å². The molecule has 7 heteroatoms. The van der Waals surface area contributed by atoms with Crippen LogP contribution in [0.25, 0.3) is 0 Å². The van der Waals surface area contributed by atoms with Crippen molar-refractivity contribution < 1.29 is 29.0 Å². The van der Waals surface area contributed by atoms with E-state index in [-0.39, 0.29) is 29.2 Å². The number of nitrogens with one attached hydrogen (secondary N) is 1. The van der Waals surface area contributed by atoms with Gasteiger partial charge in [-0.1, -0.05) is 18.2 Å². The van der Waals surface area contributed by atoms with Gasteiger partial charge in [0.05, 0.1) is 23.1 Å². The standard InChI is InChI=1S/C20H17NO6/c1-12-4-2-3-5-17(12)27-11-18-14(8-9-26-18)19(23)21-16-7-6-13(22)10-15(16)20(24)25/h2-10,22H,11H2,1H3,(H,21,23)(H,24,25). The number of hydrogen-bond donors (Lipinski definition) is 3. The summed E-state index contributed by atoms with van der Waals surface area (Å²) in [5.41, 5.74) is 1.03. The summed E-state index contributed by atoms with van der Waals surface area (Å²) in [6.07, 6.45) is 1.36. The summed E-state index contributed by atoms with van der Waals surface area (Å²) in [5, 5.41) is 21.2. The van der Waals surface area contributed by atoms with Gasteiger partial charge < -0.3 is 24.7 Å². The lowest BCUT2D eigenvalue weighted by Gasteiger charge is -2.10. The van der Waals surface area contributed by atoms with Crippen molar-refractivity contribution in [1.82, 2.24) is 0 Å².